The van der Waals surface area contributed by atoms with Gasteiger partial charge in [0.1, 0.15) is 0 Å². The molecular weight excluding hydrogens is 258 g/mol. The van der Waals surface area contributed by atoms with E-state index < -0.39 is 0 Å². The summed E-state index contributed by atoms with van der Waals surface area (Å²) in [7, 11) is 0. The SMILES string of the molecule is [CH2]Cc1ccc(I)c(Cl)c1. The number of hydrogen-bond acceptors (Lipinski definition) is 0. The third kappa shape index (κ3) is 1.86. The molecule has 0 amide bonds. The Kier molecular flexibility index (Phi) is 2.98. The first-order valence-corrected chi connectivity index (χ1v) is 4.43. The monoisotopic (exact) mass is 265 g/mol. The maximum atomic E-state index is 5.86. The van der Waals surface area contributed by atoms with Crippen molar-refractivity contribution in [3.05, 3.63) is 39.3 Å². The van der Waals surface area contributed by atoms with Crippen LogP contribution in [0.3, 0.4) is 0 Å². The highest BCUT2D eigenvalue weighted by atomic mass is 127. The molecule has 0 bridgehead atoms. The predicted octanol–water partition coefficient (Wildman–Crippen LogP) is 3.32. The highest BCUT2D eigenvalue weighted by Crippen LogP contribution is 2.19. The van der Waals surface area contributed by atoms with Gasteiger partial charge in [-0.2, -0.15) is 0 Å². The summed E-state index contributed by atoms with van der Waals surface area (Å²) in [6.45, 7) is 3.77. The molecule has 0 atom stereocenters. The molecule has 53 valence electrons. The molecule has 1 aromatic rings. The normalized spacial score (nSPS) is 9.90. The molecule has 0 saturated heterocycles. The standard InChI is InChI=1S/C8H7ClI/c1-2-6-3-4-8(10)7(9)5-6/h3-5H,1-2H2. The molecule has 0 aliphatic carbocycles. The van der Waals surface area contributed by atoms with Crippen LogP contribution in [0, 0.1) is 10.5 Å². The lowest BCUT2D eigenvalue weighted by Gasteiger charge is -1.98. The van der Waals surface area contributed by atoms with Crippen molar-refractivity contribution in [2.24, 2.45) is 0 Å². The molecule has 0 nitrogen and oxygen atoms in total. The van der Waals surface area contributed by atoms with Crippen molar-refractivity contribution in [3.8, 4) is 0 Å². The zero-order valence-corrected chi connectivity index (χ0v) is 8.32. The minimum Gasteiger partial charge on any atom is -0.0832 e. The fourth-order valence-electron chi connectivity index (χ4n) is 0.695. The quantitative estimate of drug-likeness (QED) is 0.683. The second-order valence-electron chi connectivity index (χ2n) is 2.00. The first kappa shape index (κ1) is 8.34. The van der Waals surface area contributed by atoms with E-state index >= 15 is 0 Å². The molecule has 0 aliphatic heterocycles. The first-order valence-electron chi connectivity index (χ1n) is 2.97. The van der Waals surface area contributed by atoms with Gasteiger partial charge in [-0.25, -0.2) is 0 Å². The van der Waals surface area contributed by atoms with E-state index in [1.807, 2.05) is 18.2 Å². The lowest BCUT2D eigenvalue weighted by Crippen LogP contribution is -1.80. The van der Waals surface area contributed by atoms with Gasteiger partial charge < -0.3 is 0 Å². The average molecular weight is 266 g/mol. The van der Waals surface area contributed by atoms with E-state index in [2.05, 4.69) is 29.5 Å². The third-order valence-electron chi connectivity index (χ3n) is 1.27. The molecule has 0 aromatic heterocycles. The molecule has 1 aromatic carbocycles. The average Bonchev–Trinajstić information content (AvgIpc) is 1.95. The molecule has 2 heteroatoms. The Balaban J connectivity index is 3.04. The van der Waals surface area contributed by atoms with Crippen LogP contribution in [0.15, 0.2) is 18.2 Å². The van der Waals surface area contributed by atoms with E-state index in [4.69, 9.17) is 11.6 Å². The Hall–Kier alpha value is 0.240. The molecule has 0 fully saturated rings. The van der Waals surface area contributed by atoms with Gasteiger partial charge in [0, 0.05) is 3.57 Å². The van der Waals surface area contributed by atoms with Crippen LogP contribution in [-0.4, -0.2) is 0 Å². The Morgan fingerprint density at radius 1 is 1.50 bits per heavy atom. The van der Waals surface area contributed by atoms with Crippen LogP contribution in [0.4, 0.5) is 0 Å². The summed E-state index contributed by atoms with van der Waals surface area (Å²) >= 11 is 8.06. The van der Waals surface area contributed by atoms with Gasteiger partial charge in [0.05, 0.1) is 5.02 Å². The maximum absolute atomic E-state index is 5.86. The fraction of sp³-hybridized carbons (Fsp3) is 0.125. The number of halogens is 2. The Morgan fingerprint density at radius 3 is 2.70 bits per heavy atom. The molecule has 0 aliphatic rings. The summed E-state index contributed by atoms with van der Waals surface area (Å²) in [6, 6.07) is 6.00. The zero-order chi connectivity index (χ0) is 7.56. The van der Waals surface area contributed by atoms with Gasteiger partial charge in [-0.1, -0.05) is 17.7 Å². The lowest BCUT2D eigenvalue weighted by molar-refractivity contribution is 1.27. The summed E-state index contributed by atoms with van der Waals surface area (Å²) < 4.78 is 1.09. The highest BCUT2D eigenvalue weighted by Gasteiger charge is 1.95. The summed E-state index contributed by atoms with van der Waals surface area (Å²) in [5, 5.41) is 0.821. The van der Waals surface area contributed by atoms with Crippen molar-refractivity contribution in [2.45, 2.75) is 6.42 Å². The van der Waals surface area contributed by atoms with Crippen molar-refractivity contribution < 1.29 is 0 Å². The predicted molar refractivity (Wildman–Crippen MR) is 53.2 cm³/mol. The summed E-state index contributed by atoms with van der Waals surface area (Å²) in [5.74, 6) is 0. The van der Waals surface area contributed by atoms with Crippen molar-refractivity contribution in [1.29, 1.82) is 0 Å². The second-order valence-corrected chi connectivity index (χ2v) is 3.57. The van der Waals surface area contributed by atoms with Gasteiger partial charge in [-0.05, 0) is 53.6 Å². The van der Waals surface area contributed by atoms with Gasteiger partial charge in [0.15, 0.2) is 0 Å². The molecular formula is C8H7ClI. The fourth-order valence-corrected chi connectivity index (χ4v) is 1.23. The van der Waals surface area contributed by atoms with E-state index in [0.29, 0.717) is 0 Å². The summed E-state index contributed by atoms with van der Waals surface area (Å²) in [6.07, 6.45) is 0.802. The summed E-state index contributed by atoms with van der Waals surface area (Å²) in [5.41, 5.74) is 1.19. The minimum absolute atomic E-state index is 0.802. The minimum atomic E-state index is 0.802. The van der Waals surface area contributed by atoms with Crippen molar-refractivity contribution in [3.63, 3.8) is 0 Å². The second kappa shape index (κ2) is 3.58. The van der Waals surface area contributed by atoms with Crippen LogP contribution in [0.25, 0.3) is 0 Å². The molecule has 1 rings (SSSR count). The van der Waals surface area contributed by atoms with Crippen LogP contribution in [0.2, 0.25) is 5.02 Å². The Bertz CT molecular complexity index is 233. The molecule has 0 heterocycles. The topological polar surface area (TPSA) is 0 Å². The maximum Gasteiger partial charge on any atom is 0.0542 e. The largest absolute Gasteiger partial charge is 0.0832 e. The smallest absolute Gasteiger partial charge is 0.0542 e. The van der Waals surface area contributed by atoms with Crippen molar-refractivity contribution in [1.82, 2.24) is 0 Å². The van der Waals surface area contributed by atoms with Gasteiger partial charge in [0.25, 0.3) is 0 Å². The van der Waals surface area contributed by atoms with Crippen LogP contribution in [0.1, 0.15) is 5.56 Å². The molecule has 0 spiro atoms. The number of hydrogen-bond donors (Lipinski definition) is 0. The van der Waals surface area contributed by atoms with Gasteiger partial charge in [0.2, 0.25) is 0 Å². The molecule has 10 heavy (non-hydrogen) atoms. The van der Waals surface area contributed by atoms with Crippen LogP contribution < -0.4 is 0 Å². The van der Waals surface area contributed by atoms with Crippen molar-refractivity contribution in [2.75, 3.05) is 0 Å². The van der Waals surface area contributed by atoms with Gasteiger partial charge >= 0.3 is 0 Å². The Labute approximate surface area is 79.7 Å². The van der Waals surface area contributed by atoms with E-state index in [1.165, 1.54) is 5.56 Å². The van der Waals surface area contributed by atoms with Crippen molar-refractivity contribution >= 4 is 34.2 Å². The number of benzene rings is 1. The van der Waals surface area contributed by atoms with E-state index in [1.54, 1.807) is 0 Å². The zero-order valence-electron chi connectivity index (χ0n) is 5.40. The lowest BCUT2D eigenvalue weighted by atomic mass is 10.2. The van der Waals surface area contributed by atoms with E-state index in [0.717, 1.165) is 15.0 Å². The molecule has 0 saturated carbocycles. The first-order chi connectivity index (χ1) is 4.74. The molecule has 0 unspecified atom stereocenters. The van der Waals surface area contributed by atoms with E-state index in [9.17, 15) is 0 Å². The van der Waals surface area contributed by atoms with Crippen LogP contribution in [0.5, 0.6) is 0 Å². The van der Waals surface area contributed by atoms with E-state index in [-0.39, 0.29) is 0 Å². The van der Waals surface area contributed by atoms with Gasteiger partial charge in [-0.15, -0.1) is 0 Å². The highest BCUT2D eigenvalue weighted by molar-refractivity contribution is 14.1. The number of rotatable bonds is 1. The van der Waals surface area contributed by atoms with Crippen LogP contribution >= 0.6 is 34.2 Å². The Morgan fingerprint density at radius 2 is 2.20 bits per heavy atom. The third-order valence-corrected chi connectivity index (χ3v) is 2.84. The van der Waals surface area contributed by atoms with Gasteiger partial charge in [-0.3, -0.25) is 0 Å². The molecule has 0 N–H and O–H groups in total. The summed E-state index contributed by atoms with van der Waals surface area (Å²) in [4.78, 5) is 0. The molecule has 1 radical (unpaired) electrons. The van der Waals surface area contributed by atoms with Crippen LogP contribution in [-0.2, 0) is 6.42 Å².